The van der Waals surface area contributed by atoms with Crippen molar-refractivity contribution in [3.8, 4) is 16.9 Å². The normalized spacial score (nSPS) is 22.2. The average Bonchev–Trinajstić information content (AvgIpc) is 2.69. The first kappa shape index (κ1) is 20.8. The van der Waals surface area contributed by atoms with Gasteiger partial charge in [-0.15, -0.1) is 0 Å². The Bertz CT molecular complexity index is 1060. The predicted octanol–water partition coefficient (Wildman–Crippen LogP) is 2.73. The van der Waals surface area contributed by atoms with Crippen LogP contribution in [0.4, 0.5) is 4.39 Å². The van der Waals surface area contributed by atoms with E-state index in [1.54, 1.807) is 35.2 Å². The molecule has 30 heavy (non-hydrogen) atoms. The lowest BCUT2D eigenvalue weighted by Crippen LogP contribution is -2.58. The number of nitrogens with zero attached hydrogens (tertiary/aromatic N) is 1. The highest BCUT2D eigenvalue weighted by atomic mass is 32.2. The van der Waals surface area contributed by atoms with Crippen molar-refractivity contribution in [1.29, 1.82) is 0 Å². The van der Waals surface area contributed by atoms with E-state index in [9.17, 15) is 13.2 Å². The molecule has 160 valence electrons. The minimum absolute atomic E-state index is 0.116. The molecular weight excluding hydrogens is 407 g/mol. The van der Waals surface area contributed by atoms with Gasteiger partial charge in [0.25, 0.3) is 0 Å². The summed E-state index contributed by atoms with van der Waals surface area (Å²) >= 11 is 0. The van der Waals surface area contributed by atoms with E-state index in [1.807, 2.05) is 12.1 Å². The number of amides is 1. The van der Waals surface area contributed by atoms with Gasteiger partial charge in [0.1, 0.15) is 11.6 Å². The first-order valence-electron chi connectivity index (χ1n) is 10.1. The molecule has 1 fully saturated rings. The Balaban J connectivity index is 1.80. The molecule has 2 aromatic carbocycles. The van der Waals surface area contributed by atoms with Crippen molar-refractivity contribution in [2.45, 2.75) is 37.8 Å². The highest BCUT2D eigenvalue weighted by Crippen LogP contribution is 2.34. The predicted molar refractivity (Wildman–Crippen MR) is 112 cm³/mol. The lowest BCUT2D eigenvalue weighted by atomic mass is 9.89. The molecule has 0 saturated carbocycles. The SMILES string of the molecule is CS(=O)(=O)N[C@H]1CCCN2C(=O)CCOc3ccccc3-c3cccc(c3F)C[C@@H]12. The first-order valence-corrected chi connectivity index (χ1v) is 12.0. The number of para-hydroxylation sites is 1. The summed E-state index contributed by atoms with van der Waals surface area (Å²) in [6, 6.07) is 11.5. The van der Waals surface area contributed by atoms with Crippen LogP contribution in [-0.4, -0.2) is 50.7 Å². The van der Waals surface area contributed by atoms with Crippen LogP contribution in [-0.2, 0) is 21.2 Å². The zero-order valence-electron chi connectivity index (χ0n) is 16.8. The Kier molecular flexibility index (Phi) is 5.79. The molecule has 1 N–H and O–H groups in total. The Morgan fingerprint density at radius 1 is 1.13 bits per heavy atom. The quantitative estimate of drug-likeness (QED) is 0.792. The molecule has 0 aliphatic carbocycles. The van der Waals surface area contributed by atoms with E-state index in [4.69, 9.17) is 4.74 Å². The van der Waals surface area contributed by atoms with Gasteiger partial charge in [-0.05, 0) is 30.9 Å². The van der Waals surface area contributed by atoms with Gasteiger partial charge in [-0.25, -0.2) is 17.5 Å². The lowest BCUT2D eigenvalue weighted by molar-refractivity contribution is -0.136. The van der Waals surface area contributed by atoms with Gasteiger partial charge >= 0.3 is 0 Å². The third kappa shape index (κ3) is 4.34. The van der Waals surface area contributed by atoms with E-state index in [1.165, 1.54) is 0 Å². The number of carbonyl (C=O) groups is 1. The lowest BCUT2D eigenvalue weighted by Gasteiger charge is -2.42. The van der Waals surface area contributed by atoms with Crippen LogP contribution in [0.2, 0.25) is 0 Å². The fourth-order valence-electron chi connectivity index (χ4n) is 4.41. The van der Waals surface area contributed by atoms with E-state index >= 15 is 4.39 Å². The van der Waals surface area contributed by atoms with Gasteiger partial charge in [-0.1, -0.05) is 36.4 Å². The largest absolute Gasteiger partial charge is 0.492 e. The molecule has 0 unspecified atom stereocenters. The Hall–Kier alpha value is -2.45. The number of sulfonamides is 1. The molecule has 1 saturated heterocycles. The summed E-state index contributed by atoms with van der Waals surface area (Å²) in [5.74, 6) is 0.0496. The van der Waals surface area contributed by atoms with Crippen molar-refractivity contribution in [3.05, 3.63) is 53.8 Å². The van der Waals surface area contributed by atoms with Gasteiger partial charge < -0.3 is 9.64 Å². The maximum Gasteiger partial charge on any atom is 0.226 e. The van der Waals surface area contributed by atoms with Gasteiger partial charge in [-0.2, -0.15) is 0 Å². The fourth-order valence-corrected chi connectivity index (χ4v) is 5.23. The first-order chi connectivity index (χ1) is 14.3. The van der Waals surface area contributed by atoms with Crippen molar-refractivity contribution in [2.75, 3.05) is 19.4 Å². The van der Waals surface area contributed by atoms with Crippen molar-refractivity contribution < 1.29 is 22.3 Å². The number of piperidine rings is 1. The Morgan fingerprint density at radius 3 is 2.70 bits per heavy atom. The van der Waals surface area contributed by atoms with E-state index in [0.29, 0.717) is 41.8 Å². The molecule has 6 nitrogen and oxygen atoms in total. The summed E-state index contributed by atoms with van der Waals surface area (Å²) in [7, 11) is -3.47. The van der Waals surface area contributed by atoms with Crippen molar-refractivity contribution in [1.82, 2.24) is 9.62 Å². The van der Waals surface area contributed by atoms with Gasteiger partial charge in [0.2, 0.25) is 15.9 Å². The minimum atomic E-state index is -3.47. The molecule has 2 heterocycles. The number of carbonyl (C=O) groups excluding carboxylic acids is 1. The summed E-state index contributed by atoms with van der Waals surface area (Å²) in [6.07, 6.45) is 2.80. The minimum Gasteiger partial charge on any atom is -0.492 e. The van der Waals surface area contributed by atoms with E-state index < -0.39 is 22.1 Å². The van der Waals surface area contributed by atoms with Crippen LogP contribution in [0.3, 0.4) is 0 Å². The number of benzene rings is 2. The average molecular weight is 433 g/mol. The van der Waals surface area contributed by atoms with E-state index in [2.05, 4.69) is 4.72 Å². The number of hydrogen-bond acceptors (Lipinski definition) is 4. The van der Waals surface area contributed by atoms with Crippen LogP contribution in [0.1, 0.15) is 24.8 Å². The highest BCUT2D eigenvalue weighted by molar-refractivity contribution is 7.88. The number of nitrogens with one attached hydrogen (secondary N) is 1. The number of rotatable bonds is 2. The number of halogens is 1. The van der Waals surface area contributed by atoms with Crippen LogP contribution in [0.25, 0.3) is 11.1 Å². The summed E-state index contributed by atoms with van der Waals surface area (Å²) in [4.78, 5) is 14.7. The van der Waals surface area contributed by atoms with Crippen molar-refractivity contribution in [2.24, 2.45) is 0 Å². The molecule has 2 aromatic rings. The Morgan fingerprint density at radius 2 is 1.90 bits per heavy atom. The van der Waals surface area contributed by atoms with Crippen LogP contribution in [0.15, 0.2) is 42.5 Å². The third-order valence-corrected chi connectivity index (χ3v) is 6.45. The fraction of sp³-hybridized carbons (Fsp3) is 0.409. The van der Waals surface area contributed by atoms with Gasteiger partial charge in [-0.3, -0.25) is 4.79 Å². The maximum atomic E-state index is 15.5. The topological polar surface area (TPSA) is 75.7 Å². The van der Waals surface area contributed by atoms with E-state index in [0.717, 1.165) is 6.26 Å². The summed E-state index contributed by atoms with van der Waals surface area (Å²) in [5, 5.41) is 0. The third-order valence-electron chi connectivity index (χ3n) is 5.72. The second-order valence-corrected chi connectivity index (χ2v) is 9.65. The summed E-state index contributed by atoms with van der Waals surface area (Å²) in [5.41, 5.74) is 1.52. The second-order valence-electron chi connectivity index (χ2n) is 7.87. The van der Waals surface area contributed by atoms with E-state index in [-0.39, 0.29) is 31.2 Å². The van der Waals surface area contributed by atoms with Crippen LogP contribution in [0, 0.1) is 5.82 Å². The molecule has 2 aliphatic rings. The van der Waals surface area contributed by atoms with Gasteiger partial charge in [0.05, 0.1) is 25.3 Å². The molecule has 4 rings (SSSR count). The molecule has 2 atom stereocenters. The van der Waals surface area contributed by atoms with Crippen molar-refractivity contribution >= 4 is 15.9 Å². The second kappa shape index (κ2) is 8.35. The maximum absolute atomic E-state index is 15.5. The Labute approximate surface area is 176 Å². The van der Waals surface area contributed by atoms with Crippen LogP contribution >= 0.6 is 0 Å². The zero-order chi connectivity index (χ0) is 21.3. The molecule has 8 heteroatoms. The van der Waals surface area contributed by atoms with Crippen LogP contribution in [0.5, 0.6) is 5.75 Å². The summed E-state index contributed by atoms with van der Waals surface area (Å²) < 4.78 is 47.9. The standard InChI is InChI=1S/C22H25FN2O4S/c1-30(27,28)24-18-9-5-12-25-19(18)14-15-6-4-8-17(22(15)23)16-7-2-3-10-20(16)29-13-11-21(25)26/h2-4,6-8,10,18-19,24H,5,9,11-14H2,1H3/t18-,19-/m0/s1. The monoisotopic (exact) mass is 432 g/mol. The van der Waals surface area contributed by atoms with Gasteiger partial charge in [0.15, 0.2) is 0 Å². The van der Waals surface area contributed by atoms with Crippen LogP contribution < -0.4 is 9.46 Å². The number of hydrogen-bond donors (Lipinski definition) is 1. The summed E-state index contributed by atoms with van der Waals surface area (Å²) in [6.45, 7) is 0.688. The molecule has 0 aromatic heterocycles. The molecule has 1 amide bonds. The molecular formula is C22H25FN2O4S. The zero-order valence-corrected chi connectivity index (χ0v) is 17.6. The molecule has 0 radical (unpaired) electrons. The molecule has 0 spiro atoms. The van der Waals surface area contributed by atoms with Crippen molar-refractivity contribution in [3.63, 3.8) is 0 Å². The number of ether oxygens (including phenoxy) is 1. The number of fused-ring (bicyclic) bond motifs is 5. The molecule has 2 aliphatic heterocycles. The highest BCUT2D eigenvalue weighted by Gasteiger charge is 2.36. The molecule has 2 bridgehead atoms. The van der Waals surface area contributed by atoms with Gasteiger partial charge in [0, 0.05) is 23.7 Å². The smallest absolute Gasteiger partial charge is 0.226 e.